The van der Waals surface area contributed by atoms with Crippen molar-refractivity contribution in [2.75, 3.05) is 19.3 Å². The molecule has 8 heteroatoms. The van der Waals surface area contributed by atoms with Gasteiger partial charge in [-0.05, 0) is 32.1 Å². The van der Waals surface area contributed by atoms with Crippen molar-refractivity contribution in [3.05, 3.63) is 0 Å². The van der Waals surface area contributed by atoms with Crippen LogP contribution >= 0.6 is 0 Å². The molecule has 3 N–H and O–H groups in total. The molecule has 0 spiro atoms. The summed E-state index contributed by atoms with van der Waals surface area (Å²) in [4.78, 5) is 22.6. The van der Waals surface area contributed by atoms with Crippen LogP contribution in [-0.2, 0) is 19.6 Å². The van der Waals surface area contributed by atoms with Crippen LogP contribution < -0.4 is 10.0 Å². The van der Waals surface area contributed by atoms with E-state index >= 15 is 0 Å². The average Bonchev–Trinajstić information content (AvgIpc) is 2.37. The van der Waals surface area contributed by atoms with Crippen LogP contribution in [0.15, 0.2) is 0 Å². The molecule has 116 valence electrons. The number of sulfonamides is 1. The molecule has 0 aliphatic heterocycles. The number of carboxylic acids is 1. The maximum atomic E-state index is 11.8. The van der Waals surface area contributed by atoms with Crippen molar-refractivity contribution in [2.45, 2.75) is 32.1 Å². The molecule has 0 saturated heterocycles. The van der Waals surface area contributed by atoms with Crippen LogP contribution in [0.25, 0.3) is 0 Å². The molecule has 1 aliphatic rings. The zero-order valence-electron chi connectivity index (χ0n) is 11.6. The summed E-state index contributed by atoms with van der Waals surface area (Å²) in [7, 11) is -3.18. The molecule has 0 bridgehead atoms. The normalized spacial score (nSPS) is 23.2. The number of hydrogen-bond acceptors (Lipinski definition) is 4. The van der Waals surface area contributed by atoms with Gasteiger partial charge in [0.05, 0.1) is 12.2 Å². The Balaban J connectivity index is 2.16. The van der Waals surface area contributed by atoms with Gasteiger partial charge in [0.1, 0.15) is 0 Å². The molecule has 0 heterocycles. The van der Waals surface area contributed by atoms with Crippen LogP contribution in [0.1, 0.15) is 32.1 Å². The lowest BCUT2D eigenvalue weighted by atomic mass is 9.81. The summed E-state index contributed by atoms with van der Waals surface area (Å²) >= 11 is 0. The lowest BCUT2D eigenvalue weighted by Gasteiger charge is -2.25. The molecule has 1 saturated carbocycles. The largest absolute Gasteiger partial charge is 0.481 e. The summed E-state index contributed by atoms with van der Waals surface area (Å²) in [5.74, 6) is -1.28. The Morgan fingerprint density at radius 1 is 1.10 bits per heavy atom. The Hall–Kier alpha value is -1.15. The molecule has 1 aliphatic carbocycles. The fourth-order valence-electron chi connectivity index (χ4n) is 2.30. The van der Waals surface area contributed by atoms with Crippen LogP contribution in [0.2, 0.25) is 0 Å². The number of rotatable bonds is 7. The first-order valence-electron chi connectivity index (χ1n) is 6.75. The molecular formula is C12H22N2O5S. The third-order valence-electron chi connectivity index (χ3n) is 3.46. The zero-order chi connectivity index (χ0) is 15.2. The molecule has 1 rings (SSSR count). The second-order valence-corrected chi connectivity index (χ2v) is 7.03. The first kappa shape index (κ1) is 16.9. The van der Waals surface area contributed by atoms with E-state index in [0.717, 1.165) is 6.26 Å². The average molecular weight is 306 g/mol. The molecule has 0 unspecified atom stereocenters. The molecule has 0 aromatic rings. The second-order valence-electron chi connectivity index (χ2n) is 5.20. The van der Waals surface area contributed by atoms with Gasteiger partial charge in [0.15, 0.2) is 0 Å². The van der Waals surface area contributed by atoms with E-state index < -0.39 is 16.0 Å². The highest BCUT2D eigenvalue weighted by Crippen LogP contribution is 2.28. The SMILES string of the molecule is CS(=O)(=O)NCCCNC(=O)C1CCC(C(=O)O)CC1. The fraction of sp³-hybridized carbons (Fsp3) is 0.833. The van der Waals surface area contributed by atoms with Crippen molar-refractivity contribution in [3.63, 3.8) is 0 Å². The van der Waals surface area contributed by atoms with Gasteiger partial charge in [0.25, 0.3) is 0 Å². The Kier molecular flexibility index (Phi) is 6.41. The van der Waals surface area contributed by atoms with Gasteiger partial charge in [-0.15, -0.1) is 0 Å². The predicted molar refractivity (Wildman–Crippen MR) is 73.6 cm³/mol. The Morgan fingerprint density at radius 2 is 1.65 bits per heavy atom. The molecule has 0 aromatic heterocycles. The van der Waals surface area contributed by atoms with Crippen molar-refractivity contribution < 1.29 is 23.1 Å². The lowest BCUT2D eigenvalue weighted by Crippen LogP contribution is -2.36. The number of amides is 1. The van der Waals surface area contributed by atoms with Gasteiger partial charge in [-0.2, -0.15) is 0 Å². The minimum atomic E-state index is -3.18. The smallest absolute Gasteiger partial charge is 0.306 e. The molecule has 20 heavy (non-hydrogen) atoms. The van der Waals surface area contributed by atoms with E-state index in [0.29, 0.717) is 45.2 Å². The topological polar surface area (TPSA) is 113 Å². The molecular weight excluding hydrogens is 284 g/mol. The standard InChI is InChI=1S/C12H22N2O5S/c1-20(18,19)14-8-2-7-13-11(15)9-3-5-10(6-4-9)12(16)17/h9-10,14H,2-8H2,1H3,(H,13,15)(H,16,17). The van der Waals surface area contributed by atoms with Gasteiger partial charge in [0.2, 0.25) is 15.9 Å². The van der Waals surface area contributed by atoms with E-state index in [-0.39, 0.29) is 17.7 Å². The monoisotopic (exact) mass is 306 g/mol. The first-order chi connectivity index (χ1) is 9.29. The van der Waals surface area contributed by atoms with Gasteiger partial charge in [-0.25, -0.2) is 13.1 Å². The highest BCUT2D eigenvalue weighted by Gasteiger charge is 2.29. The van der Waals surface area contributed by atoms with Crippen LogP contribution in [0.3, 0.4) is 0 Å². The van der Waals surface area contributed by atoms with Gasteiger partial charge < -0.3 is 10.4 Å². The summed E-state index contributed by atoms with van der Waals surface area (Å²) in [6.45, 7) is 0.713. The van der Waals surface area contributed by atoms with E-state index in [9.17, 15) is 18.0 Å². The van der Waals surface area contributed by atoms with Crippen molar-refractivity contribution in [3.8, 4) is 0 Å². The van der Waals surface area contributed by atoms with E-state index in [4.69, 9.17) is 5.11 Å². The minimum absolute atomic E-state index is 0.0619. The summed E-state index contributed by atoms with van der Waals surface area (Å²) in [5.41, 5.74) is 0. The highest BCUT2D eigenvalue weighted by atomic mass is 32.2. The predicted octanol–water partition coefficient (Wildman–Crippen LogP) is -0.0671. The Labute approximate surface area is 119 Å². The molecule has 7 nitrogen and oxygen atoms in total. The van der Waals surface area contributed by atoms with Gasteiger partial charge >= 0.3 is 5.97 Å². The summed E-state index contributed by atoms with van der Waals surface area (Å²) in [5, 5.41) is 11.6. The first-order valence-corrected chi connectivity index (χ1v) is 8.64. The molecule has 1 amide bonds. The number of carboxylic acid groups (broad SMARTS) is 1. The molecule has 1 fully saturated rings. The number of hydrogen-bond donors (Lipinski definition) is 3. The van der Waals surface area contributed by atoms with Crippen LogP contribution in [0, 0.1) is 11.8 Å². The van der Waals surface area contributed by atoms with Crippen molar-refractivity contribution in [2.24, 2.45) is 11.8 Å². The minimum Gasteiger partial charge on any atom is -0.481 e. The molecule has 0 aromatic carbocycles. The highest BCUT2D eigenvalue weighted by molar-refractivity contribution is 7.88. The Morgan fingerprint density at radius 3 is 2.15 bits per heavy atom. The maximum absolute atomic E-state index is 11.8. The van der Waals surface area contributed by atoms with Crippen molar-refractivity contribution in [1.82, 2.24) is 10.0 Å². The number of carbonyl (C=O) groups excluding carboxylic acids is 1. The zero-order valence-corrected chi connectivity index (χ0v) is 12.4. The van der Waals surface area contributed by atoms with E-state index in [2.05, 4.69) is 10.0 Å². The second kappa shape index (κ2) is 7.58. The summed E-state index contributed by atoms with van der Waals surface area (Å²) < 4.78 is 24.0. The van der Waals surface area contributed by atoms with Crippen molar-refractivity contribution >= 4 is 21.9 Å². The fourth-order valence-corrected chi connectivity index (χ4v) is 2.82. The van der Waals surface area contributed by atoms with Gasteiger partial charge in [0, 0.05) is 19.0 Å². The number of nitrogens with one attached hydrogen (secondary N) is 2. The van der Waals surface area contributed by atoms with E-state index in [1.165, 1.54) is 0 Å². The van der Waals surface area contributed by atoms with Crippen LogP contribution in [0.5, 0.6) is 0 Å². The van der Waals surface area contributed by atoms with Crippen LogP contribution in [0.4, 0.5) is 0 Å². The van der Waals surface area contributed by atoms with E-state index in [1.807, 2.05) is 0 Å². The quantitative estimate of drug-likeness (QED) is 0.570. The third kappa shape index (κ3) is 6.33. The third-order valence-corrected chi connectivity index (χ3v) is 4.19. The summed E-state index contributed by atoms with van der Waals surface area (Å²) in [6.07, 6.45) is 3.91. The number of aliphatic carboxylic acids is 1. The maximum Gasteiger partial charge on any atom is 0.306 e. The summed E-state index contributed by atoms with van der Waals surface area (Å²) in [6, 6.07) is 0. The lowest BCUT2D eigenvalue weighted by molar-refractivity contribution is -0.144. The van der Waals surface area contributed by atoms with Gasteiger partial charge in [-0.1, -0.05) is 0 Å². The van der Waals surface area contributed by atoms with Gasteiger partial charge in [-0.3, -0.25) is 9.59 Å². The Bertz CT molecular complexity index is 441. The number of carbonyl (C=O) groups is 2. The van der Waals surface area contributed by atoms with E-state index in [1.54, 1.807) is 0 Å². The van der Waals surface area contributed by atoms with Crippen molar-refractivity contribution in [1.29, 1.82) is 0 Å². The van der Waals surface area contributed by atoms with Crippen LogP contribution in [-0.4, -0.2) is 44.7 Å². The molecule has 0 atom stereocenters. The molecule has 0 radical (unpaired) electrons.